The number of rotatable bonds is 4. The molecule has 0 aliphatic heterocycles. The standard InChI is InChI=1S/C16H21F2NO2/c1-11-9-13(15(18)10-14(11)17)16(21)19(7-8-20)12-5-3-2-4-6-12/h9-10,12,20H,2-8H2,1H3. The van der Waals surface area contributed by atoms with Crippen LogP contribution in [0, 0.1) is 18.6 Å². The molecule has 1 aliphatic carbocycles. The molecule has 1 saturated carbocycles. The third kappa shape index (κ3) is 3.59. The van der Waals surface area contributed by atoms with Crippen molar-refractivity contribution in [3.05, 3.63) is 34.9 Å². The Morgan fingerprint density at radius 2 is 1.90 bits per heavy atom. The Labute approximate surface area is 123 Å². The highest BCUT2D eigenvalue weighted by molar-refractivity contribution is 5.95. The molecule has 1 amide bonds. The SMILES string of the molecule is Cc1cc(C(=O)N(CCO)C2CCCCC2)c(F)cc1F. The third-order valence-electron chi connectivity index (χ3n) is 4.10. The summed E-state index contributed by atoms with van der Waals surface area (Å²) in [5.41, 5.74) is 0.125. The van der Waals surface area contributed by atoms with E-state index in [0.29, 0.717) is 0 Å². The zero-order valence-electron chi connectivity index (χ0n) is 12.2. The van der Waals surface area contributed by atoms with Gasteiger partial charge in [-0.25, -0.2) is 8.78 Å². The second kappa shape index (κ2) is 6.98. The lowest BCUT2D eigenvalue weighted by atomic mass is 9.93. The van der Waals surface area contributed by atoms with Crippen molar-refractivity contribution in [2.45, 2.75) is 45.1 Å². The van der Waals surface area contributed by atoms with Gasteiger partial charge in [0.1, 0.15) is 11.6 Å². The molecular weight excluding hydrogens is 276 g/mol. The van der Waals surface area contributed by atoms with Crippen LogP contribution in [-0.4, -0.2) is 35.1 Å². The molecule has 1 aromatic rings. The Morgan fingerprint density at radius 1 is 1.24 bits per heavy atom. The van der Waals surface area contributed by atoms with Crippen LogP contribution < -0.4 is 0 Å². The smallest absolute Gasteiger partial charge is 0.257 e. The number of aliphatic hydroxyl groups is 1. The maximum Gasteiger partial charge on any atom is 0.257 e. The van der Waals surface area contributed by atoms with Crippen LogP contribution in [0.5, 0.6) is 0 Å². The quantitative estimate of drug-likeness (QED) is 0.928. The minimum atomic E-state index is -0.846. The molecule has 1 fully saturated rings. The Morgan fingerprint density at radius 3 is 2.52 bits per heavy atom. The van der Waals surface area contributed by atoms with Gasteiger partial charge in [0, 0.05) is 18.7 Å². The highest BCUT2D eigenvalue weighted by Gasteiger charge is 2.27. The Bertz CT molecular complexity index is 513. The summed E-state index contributed by atoms with van der Waals surface area (Å²) in [5.74, 6) is -1.96. The van der Waals surface area contributed by atoms with Gasteiger partial charge in [-0.3, -0.25) is 4.79 Å². The average Bonchev–Trinajstić information content (AvgIpc) is 2.49. The summed E-state index contributed by atoms with van der Waals surface area (Å²) < 4.78 is 27.2. The van der Waals surface area contributed by atoms with E-state index in [9.17, 15) is 18.7 Å². The molecule has 0 radical (unpaired) electrons. The summed E-state index contributed by atoms with van der Waals surface area (Å²) >= 11 is 0. The number of aliphatic hydroxyl groups excluding tert-OH is 1. The Hall–Kier alpha value is -1.49. The summed E-state index contributed by atoms with van der Waals surface area (Å²) in [4.78, 5) is 14.1. The van der Waals surface area contributed by atoms with E-state index >= 15 is 0 Å². The zero-order valence-corrected chi connectivity index (χ0v) is 12.2. The van der Waals surface area contributed by atoms with Crippen molar-refractivity contribution in [3.63, 3.8) is 0 Å². The van der Waals surface area contributed by atoms with Gasteiger partial charge >= 0.3 is 0 Å². The van der Waals surface area contributed by atoms with E-state index in [1.165, 1.54) is 17.9 Å². The van der Waals surface area contributed by atoms with Crippen molar-refractivity contribution in [2.24, 2.45) is 0 Å². The molecule has 0 spiro atoms. The molecular formula is C16H21F2NO2. The molecule has 0 saturated heterocycles. The van der Waals surface area contributed by atoms with E-state index in [2.05, 4.69) is 0 Å². The topological polar surface area (TPSA) is 40.5 Å². The molecule has 0 bridgehead atoms. The summed E-state index contributed by atoms with van der Waals surface area (Å²) in [6.45, 7) is 1.52. The fraction of sp³-hybridized carbons (Fsp3) is 0.562. The number of benzene rings is 1. The summed E-state index contributed by atoms with van der Waals surface area (Å²) in [7, 11) is 0. The molecule has 0 heterocycles. The van der Waals surface area contributed by atoms with Gasteiger partial charge in [0.25, 0.3) is 5.91 Å². The second-order valence-corrected chi connectivity index (χ2v) is 5.60. The maximum absolute atomic E-state index is 13.9. The van der Waals surface area contributed by atoms with Gasteiger partial charge in [0.05, 0.1) is 12.2 Å². The lowest BCUT2D eigenvalue weighted by molar-refractivity contribution is 0.0580. The minimum Gasteiger partial charge on any atom is -0.395 e. The lowest BCUT2D eigenvalue weighted by Gasteiger charge is -2.34. The molecule has 1 aliphatic rings. The third-order valence-corrected chi connectivity index (χ3v) is 4.10. The molecule has 0 unspecified atom stereocenters. The lowest BCUT2D eigenvalue weighted by Crippen LogP contribution is -2.43. The number of carbonyl (C=O) groups is 1. The van der Waals surface area contributed by atoms with E-state index in [4.69, 9.17) is 0 Å². The fourth-order valence-corrected chi connectivity index (χ4v) is 2.93. The number of aryl methyl sites for hydroxylation is 1. The van der Waals surface area contributed by atoms with Gasteiger partial charge in [-0.2, -0.15) is 0 Å². The Balaban J connectivity index is 2.27. The molecule has 5 heteroatoms. The number of halogens is 2. The molecule has 0 aromatic heterocycles. The van der Waals surface area contributed by atoms with E-state index in [1.54, 1.807) is 0 Å². The number of hydrogen-bond acceptors (Lipinski definition) is 2. The monoisotopic (exact) mass is 297 g/mol. The van der Waals surface area contributed by atoms with Gasteiger partial charge < -0.3 is 10.0 Å². The first-order valence-corrected chi connectivity index (χ1v) is 7.42. The highest BCUT2D eigenvalue weighted by atomic mass is 19.1. The first kappa shape index (κ1) is 15.9. The summed E-state index contributed by atoms with van der Waals surface area (Å²) in [5, 5.41) is 9.18. The van der Waals surface area contributed by atoms with E-state index in [-0.39, 0.29) is 30.3 Å². The van der Waals surface area contributed by atoms with Gasteiger partial charge in [-0.1, -0.05) is 19.3 Å². The van der Waals surface area contributed by atoms with Crippen molar-refractivity contribution in [2.75, 3.05) is 13.2 Å². The van der Waals surface area contributed by atoms with E-state index in [0.717, 1.165) is 38.2 Å². The van der Waals surface area contributed by atoms with Crippen molar-refractivity contribution < 1.29 is 18.7 Å². The van der Waals surface area contributed by atoms with Gasteiger partial charge in [-0.15, -0.1) is 0 Å². The van der Waals surface area contributed by atoms with Crippen LogP contribution in [-0.2, 0) is 0 Å². The van der Waals surface area contributed by atoms with Crippen molar-refractivity contribution >= 4 is 5.91 Å². The van der Waals surface area contributed by atoms with Crippen molar-refractivity contribution in [1.82, 2.24) is 4.90 Å². The summed E-state index contributed by atoms with van der Waals surface area (Å²) in [6.07, 6.45) is 4.94. The highest BCUT2D eigenvalue weighted by Crippen LogP contribution is 2.25. The molecule has 0 atom stereocenters. The van der Waals surface area contributed by atoms with Crippen LogP contribution in [0.3, 0.4) is 0 Å². The Kier molecular flexibility index (Phi) is 5.28. The van der Waals surface area contributed by atoms with Crippen LogP contribution in [0.25, 0.3) is 0 Å². The van der Waals surface area contributed by atoms with E-state index in [1.807, 2.05) is 0 Å². The number of nitrogens with zero attached hydrogens (tertiary/aromatic N) is 1. The molecule has 2 rings (SSSR count). The fourth-order valence-electron chi connectivity index (χ4n) is 2.93. The molecule has 116 valence electrons. The van der Waals surface area contributed by atoms with Gasteiger partial charge in [0.15, 0.2) is 0 Å². The predicted octanol–water partition coefficient (Wildman–Crippen LogP) is 3.04. The minimum absolute atomic E-state index is 0.0307. The average molecular weight is 297 g/mol. The molecule has 1 aromatic carbocycles. The van der Waals surface area contributed by atoms with Crippen LogP contribution in [0.4, 0.5) is 8.78 Å². The largest absolute Gasteiger partial charge is 0.395 e. The first-order valence-electron chi connectivity index (χ1n) is 7.42. The van der Waals surface area contributed by atoms with Gasteiger partial charge in [-0.05, 0) is 31.4 Å². The van der Waals surface area contributed by atoms with Crippen LogP contribution in [0.15, 0.2) is 12.1 Å². The normalized spacial score (nSPS) is 16.0. The summed E-state index contributed by atoms with van der Waals surface area (Å²) in [6, 6.07) is 2.03. The van der Waals surface area contributed by atoms with Crippen LogP contribution in [0.1, 0.15) is 48.0 Å². The molecule has 1 N–H and O–H groups in total. The molecule has 21 heavy (non-hydrogen) atoms. The van der Waals surface area contributed by atoms with Gasteiger partial charge in [0.2, 0.25) is 0 Å². The number of hydrogen-bond donors (Lipinski definition) is 1. The van der Waals surface area contributed by atoms with Crippen molar-refractivity contribution in [1.29, 1.82) is 0 Å². The van der Waals surface area contributed by atoms with Crippen LogP contribution >= 0.6 is 0 Å². The molecule has 3 nitrogen and oxygen atoms in total. The number of amides is 1. The predicted molar refractivity (Wildman–Crippen MR) is 76.1 cm³/mol. The van der Waals surface area contributed by atoms with E-state index < -0.39 is 17.5 Å². The second-order valence-electron chi connectivity index (χ2n) is 5.60. The number of carbonyl (C=O) groups excluding carboxylic acids is 1. The van der Waals surface area contributed by atoms with Crippen molar-refractivity contribution in [3.8, 4) is 0 Å². The maximum atomic E-state index is 13.9. The first-order chi connectivity index (χ1) is 10.0. The van der Waals surface area contributed by atoms with Crippen LogP contribution in [0.2, 0.25) is 0 Å². The zero-order chi connectivity index (χ0) is 15.4.